The Morgan fingerprint density at radius 2 is 1.50 bits per heavy atom. The molecule has 0 fully saturated rings. The number of fused-ring (bicyclic) bond motifs is 2. The van der Waals surface area contributed by atoms with Gasteiger partial charge in [-0.05, 0) is 62.2 Å². The SMILES string of the molecule is CCCCN1/C(=C/C=C/C2=[N+](CCCC)c3ccc(Cl)cc3C2(C)C)C(C)(C)c2cc(Cl)ccc21.[I-]. The Hall–Kier alpha value is -1.30. The maximum absolute atomic E-state index is 6.42. The average Bonchev–Trinajstić information content (AvgIpc) is 3.15. The zero-order chi connectivity index (χ0) is 25.4. The molecule has 5 heteroatoms. The van der Waals surface area contributed by atoms with Crippen LogP contribution in [0.1, 0.15) is 78.4 Å². The molecule has 2 heterocycles. The van der Waals surface area contributed by atoms with Crippen molar-refractivity contribution in [3.63, 3.8) is 0 Å². The van der Waals surface area contributed by atoms with E-state index in [0.717, 1.165) is 36.0 Å². The summed E-state index contributed by atoms with van der Waals surface area (Å²) in [5.41, 5.74) is 7.63. The molecule has 0 aliphatic carbocycles. The van der Waals surface area contributed by atoms with E-state index in [1.165, 1.54) is 46.8 Å². The first-order chi connectivity index (χ1) is 16.6. The molecule has 2 nitrogen and oxygen atoms in total. The Balaban J connectivity index is 0.00000361. The number of benzene rings is 2. The lowest BCUT2D eigenvalue weighted by atomic mass is 9.81. The summed E-state index contributed by atoms with van der Waals surface area (Å²) in [5.74, 6) is 0. The molecule has 2 aromatic carbocycles. The molecule has 2 aliphatic rings. The highest BCUT2D eigenvalue weighted by atomic mass is 127. The third-order valence-corrected chi connectivity index (χ3v) is 8.16. The van der Waals surface area contributed by atoms with Gasteiger partial charge in [-0.1, -0.05) is 69.8 Å². The summed E-state index contributed by atoms with van der Waals surface area (Å²) in [6.07, 6.45) is 11.5. The van der Waals surface area contributed by atoms with Crippen LogP contribution in [0, 0.1) is 0 Å². The first kappa shape index (κ1) is 29.3. The van der Waals surface area contributed by atoms with Gasteiger partial charge < -0.3 is 28.9 Å². The minimum Gasteiger partial charge on any atom is -1.00 e. The lowest BCUT2D eigenvalue weighted by Gasteiger charge is -2.27. The van der Waals surface area contributed by atoms with Crippen molar-refractivity contribution in [2.45, 2.75) is 78.1 Å². The van der Waals surface area contributed by atoms with Gasteiger partial charge >= 0.3 is 0 Å². The number of nitrogens with zero attached hydrogens (tertiary/aromatic N) is 2. The molecular weight excluding hydrogens is 598 g/mol. The number of allylic oxidation sites excluding steroid dienone is 4. The highest BCUT2D eigenvalue weighted by Crippen LogP contribution is 2.49. The van der Waals surface area contributed by atoms with Crippen molar-refractivity contribution in [1.29, 1.82) is 0 Å². The van der Waals surface area contributed by atoms with Gasteiger partial charge in [-0.3, -0.25) is 0 Å². The predicted octanol–water partition coefficient (Wildman–Crippen LogP) is 6.21. The van der Waals surface area contributed by atoms with E-state index in [1.807, 2.05) is 12.1 Å². The minimum atomic E-state index is -0.105. The highest BCUT2D eigenvalue weighted by molar-refractivity contribution is 6.31. The number of halogens is 3. The number of anilines is 1. The highest BCUT2D eigenvalue weighted by Gasteiger charge is 2.44. The van der Waals surface area contributed by atoms with Crippen molar-refractivity contribution in [2.24, 2.45) is 0 Å². The van der Waals surface area contributed by atoms with Crippen LogP contribution >= 0.6 is 23.2 Å². The van der Waals surface area contributed by atoms with Crippen molar-refractivity contribution in [1.82, 2.24) is 0 Å². The topological polar surface area (TPSA) is 6.25 Å². The second kappa shape index (κ2) is 11.6. The van der Waals surface area contributed by atoms with Crippen LogP contribution in [0.5, 0.6) is 0 Å². The third-order valence-electron chi connectivity index (χ3n) is 7.69. The van der Waals surface area contributed by atoms with Gasteiger partial charge in [0.15, 0.2) is 5.71 Å². The summed E-state index contributed by atoms with van der Waals surface area (Å²) >= 11 is 12.8. The molecule has 0 amide bonds. The molecule has 2 aromatic rings. The van der Waals surface area contributed by atoms with Crippen LogP contribution in [0.15, 0.2) is 60.3 Å². The van der Waals surface area contributed by atoms with E-state index in [9.17, 15) is 0 Å². The van der Waals surface area contributed by atoms with Gasteiger partial charge in [0.05, 0.1) is 5.41 Å². The fraction of sp³-hybridized carbons (Fsp3) is 0.452. The van der Waals surface area contributed by atoms with Crippen LogP contribution < -0.4 is 28.9 Å². The number of rotatable bonds is 8. The smallest absolute Gasteiger partial charge is 0.209 e. The summed E-state index contributed by atoms with van der Waals surface area (Å²) in [5, 5.41) is 1.60. The van der Waals surface area contributed by atoms with E-state index < -0.39 is 0 Å². The lowest BCUT2D eigenvalue weighted by Crippen LogP contribution is -3.00. The lowest BCUT2D eigenvalue weighted by molar-refractivity contribution is -0.438. The number of hydrogen-bond acceptors (Lipinski definition) is 1. The van der Waals surface area contributed by atoms with Crippen LogP contribution in [-0.4, -0.2) is 23.4 Å². The Morgan fingerprint density at radius 3 is 2.17 bits per heavy atom. The standard InChI is InChI=1S/C31H39Cl2N2.HI/c1-7-9-18-34-26-16-14-22(32)20-24(26)30(3,4)28(34)12-11-13-29-31(5,6)25-21-23(33)15-17-27(25)35(29)19-10-8-2;/h11-17,20-21H,7-10,18-19H2,1-6H3;1H/q+1;/p-1. The fourth-order valence-corrected chi connectivity index (χ4v) is 5.98. The minimum absolute atomic E-state index is 0. The number of unbranched alkanes of at least 4 members (excludes halogenated alkanes) is 2. The van der Waals surface area contributed by atoms with Crippen molar-refractivity contribution in [3.8, 4) is 0 Å². The van der Waals surface area contributed by atoms with Crippen molar-refractivity contribution in [2.75, 3.05) is 18.0 Å². The maximum atomic E-state index is 6.42. The fourth-order valence-electron chi connectivity index (χ4n) is 5.64. The van der Waals surface area contributed by atoms with E-state index >= 15 is 0 Å². The first-order valence-electron chi connectivity index (χ1n) is 13.0. The van der Waals surface area contributed by atoms with Crippen molar-refractivity contribution >= 4 is 40.3 Å². The summed E-state index contributed by atoms with van der Waals surface area (Å²) in [6, 6.07) is 12.7. The summed E-state index contributed by atoms with van der Waals surface area (Å²) in [4.78, 5) is 2.49. The van der Waals surface area contributed by atoms with Crippen LogP contribution in [0.4, 0.5) is 11.4 Å². The van der Waals surface area contributed by atoms with E-state index in [-0.39, 0.29) is 34.8 Å². The molecule has 0 atom stereocenters. The van der Waals surface area contributed by atoms with E-state index in [1.54, 1.807) is 0 Å². The summed E-state index contributed by atoms with van der Waals surface area (Å²) < 4.78 is 2.49. The Bertz CT molecular complexity index is 1210. The summed E-state index contributed by atoms with van der Waals surface area (Å²) in [7, 11) is 0. The largest absolute Gasteiger partial charge is 1.00 e. The van der Waals surface area contributed by atoms with Gasteiger partial charge in [-0.15, -0.1) is 0 Å². The Morgan fingerprint density at radius 1 is 0.861 bits per heavy atom. The molecular formula is C31H39Cl2IN2. The number of hydrogen-bond donors (Lipinski definition) is 0. The van der Waals surface area contributed by atoms with Gasteiger partial charge in [0, 0.05) is 57.5 Å². The summed E-state index contributed by atoms with van der Waals surface area (Å²) in [6.45, 7) is 15.8. The molecule has 0 unspecified atom stereocenters. The zero-order valence-electron chi connectivity index (χ0n) is 22.5. The Kier molecular flexibility index (Phi) is 9.44. The van der Waals surface area contributed by atoms with Gasteiger partial charge in [0.2, 0.25) is 5.69 Å². The van der Waals surface area contributed by atoms with E-state index in [2.05, 4.69) is 93.5 Å². The van der Waals surface area contributed by atoms with Crippen molar-refractivity contribution in [3.05, 3.63) is 81.5 Å². The third kappa shape index (κ3) is 5.31. The second-order valence-corrected chi connectivity index (χ2v) is 11.8. The van der Waals surface area contributed by atoms with Crippen LogP contribution in [0.2, 0.25) is 10.0 Å². The molecule has 194 valence electrons. The molecule has 4 rings (SSSR count). The van der Waals surface area contributed by atoms with Crippen molar-refractivity contribution < 1.29 is 28.6 Å². The van der Waals surface area contributed by atoms with Crippen LogP contribution in [0.25, 0.3) is 0 Å². The Labute approximate surface area is 245 Å². The average molecular weight is 637 g/mol. The quantitative estimate of drug-likeness (QED) is 0.247. The second-order valence-electron chi connectivity index (χ2n) is 10.9. The molecule has 0 saturated heterocycles. The molecule has 0 saturated carbocycles. The van der Waals surface area contributed by atoms with Crippen LogP contribution in [0.3, 0.4) is 0 Å². The van der Waals surface area contributed by atoms with E-state index in [4.69, 9.17) is 23.2 Å². The van der Waals surface area contributed by atoms with E-state index in [0.29, 0.717) is 0 Å². The van der Waals surface area contributed by atoms with Gasteiger partial charge in [-0.25, -0.2) is 0 Å². The molecule has 0 spiro atoms. The molecule has 2 aliphatic heterocycles. The molecule has 0 aromatic heterocycles. The van der Waals surface area contributed by atoms with Gasteiger partial charge in [0.1, 0.15) is 6.54 Å². The van der Waals surface area contributed by atoms with Gasteiger partial charge in [-0.2, -0.15) is 4.58 Å². The molecule has 0 bridgehead atoms. The van der Waals surface area contributed by atoms with Crippen LogP contribution in [-0.2, 0) is 10.8 Å². The maximum Gasteiger partial charge on any atom is 0.209 e. The zero-order valence-corrected chi connectivity index (χ0v) is 26.1. The molecule has 36 heavy (non-hydrogen) atoms. The van der Waals surface area contributed by atoms with Gasteiger partial charge in [0.25, 0.3) is 0 Å². The normalized spacial score (nSPS) is 18.7. The molecule has 0 radical (unpaired) electrons. The predicted molar refractivity (Wildman–Crippen MR) is 153 cm³/mol. The first-order valence-corrected chi connectivity index (χ1v) is 13.8. The molecule has 0 N–H and O–H groups in total. The monoisotopic (exact) mass is 636 g/mol.